The zero-order valence-corrected chi connectivity index (χ0v) is 12.7. The van der Waals surface area contributed by atoms with Crippen LogP contribution >= 0.6 is 0 Å². The van der Waals surface area contributed by atoms with Gasteiger partial charge in [0.15, 0.2) is 0 Å². The SMILES string of the molecule is CC(C)C[C@H](N)C(=O)Nc1ccc(N2CCCC2)c(F)c1. The summed E-state index contributed by atoms with van der Waals surface area (Å²) in [5.74, 6) is -0.218. The normalized spacial score (nSPS) is 16.3. The van der Waals surface area contributed by atoms with Crippen LogP contribution in [0.5, 0.6) is 0 Å². The Morgan fingerprint density at radius 2 is 2.05 bits per heavy atom. The lowest BCUT2D eigenvalue weighted by atomic mass is 10.0. The van der Waals surface area contributed by atoms with Crippen molar-refractivity contribution in [2.45, 2.75) is 39.2 Å². The largest absolute Gasteiger partial charge is 0.369 e. The van der Waals surface area contributed by atoms with Crippen LogP contribution in [-0.2, 0) is 4.79 Å². The second-order valence-corrected chi connectivity index (χ2v) is 6.09. The van der Waals surface area contributed by atoms with Crippen LogP contribution < -0.4 is 16.0 Å². The average Bonchev–Trinajstić information content (AvgIpc) is 2.91. The van der Waals surface area contributed by atoms with Gasteiger partial charge in [0.05, 0.1) is 11.7 Å². The first kappa shape index (κ1) is 15.8. The molecule has 1 aliphatic heterocycles. The van der Waals surface area contributed by atoms with E-state index in [1.165, 1.54) is 6.07 Å². The zero-order chi connectivity index (χ0) is 15.4. The maximum Gasteiger partial charge on any atom is 0.241 e. The fourth-order valence-corrected chi connectivity index (χ4v) is 2.65. The van der Waals surface area contributed by atoms with Crippen molar-refractivity contribution in [2.24, 2.45) is 11.7 Å². The summed E-state index contributed by atoms with van der Waals surface area (Å²) in [5.41, 5.74) is 6.89. The van der Waals surface area contributed by atoms with Crippen LogP contribution in [0, 0.1) is 11.7 Å². The van der Waals surface area contributed by atoms with E-state index in [1.807, 2.05) is 18.7 Å². The molecule has 4 nitrogen and oxygen atoms in total. The highest BCUT2D eigenvalue weighted by atomic mass is 19.1. The number of rotatable bonds is 5. The summed E-state index contributed by atoms with van der Waals surface area (Å²) in [4.78, 5) is 14.0. The van der Waals surface area contributed by atoms with E-state index in [2.05, 4.69) is 5.32 Å². The summed E-state index contributed by atoms with van der Waals surface area (Å²) < 4.78 is 14.1. The van der Waals surface area contributed by atoms with E-state index in [0.717, 1.165) is 25.9 Å². The van der Waals surface area contributed by atoms with Gasteiger partial charge >= 0.3 is 0 Å². The number of nitrogens with zero attached hydrogens (tertiary/aromatic N) is 1. The highest BCUT2D eigenvalue weighted by molar-refractivity contribution is 5.94. The number of nitrogens with one attached hydrogen (secondary N) is 1. The third-order valence-corrected chi connectivity index (χ3v) is 3.72. The number of anilines is 2. The van der Waals surface area contributed by atoms with Gasteiger partial charge in [-0.05, 0) is 43.4 Å². The van der Waals surface area contributed by atoms with Crippen molar-refractivity contribution in [3.05, 3.63) is 24.0 Å². The molecule has 116 valence electrons. The van der Waals surface area contributed by atoms with Crippen molar-refractivity contribution < 1.29 is 9.18 Å². The van der Waals surface area contributed by atoms with E-state index < -0.39 is 6.04 Å². The van der Waals surface area contributed by atoms with Gasteiger partial charge in [0.25, 0.3) is 0 Å². The summed E-state index contributed by atoms with van der Waals surface area (Å²) in [7, 11) is 0. The molecule has 1 heterocycles. The van der Waals surface area contributed by atoms with Crippen LogP contribution in [0.25, 0.3) is 0 Å². The van der Waals surface area contributed by atoms with Gasteiger partial charge in [-0.1, -0.05) is 13.8 Å². The van der Waals surface area contributed by atoms with E-state index in [1.54, 1.807) is 12.1 Å². The van der Waals surface area contributed by atoms with Gasteiger partial charge in [0.1, 0.15) is 5.82 Å². The van der Waals surface area contributed by atoms with Crippen LogP contribution in [0.2, 0.25) is 0 Å². The maximum atomic E-state index is 14.1. The molecular weight excluding hydrogens is 269 g/mol. The second kappa shape index (κ2) is 6.89. The third kappa shape index (κ3) is 4.17. The highest BCUT2D eigenvalue weighted by Gasteiger charge is 2.18. The highest BCUT2D eigenvalue weighted by Crippen LogP contribution is 2.26. The van der Waals surface area contributed by atoms with Crippen molar-refractivity contribution in [3.8, 4) is 0 Å². The third-order valence-electron chi connectivity index (χ3n) is 3.72. The Hall–Kier alpha value is -1.62. The molecule has 1 fully saturated rings. The Balaban J connectivity index is 2.01. The Bertz CT molecular complexity index is 498. The van der Waals surface area contributed by atoms with Crippen molar-refractivity contribution in [3.63, 3.8) is 0 Å². The molecule has 1 atom stereocenters. The molecule has 5 heteroatoms. The van der Waals surface area contributed by atoms with E-state index in [9.17, 15) is 9.18 Å². The number of halogens is 1. The van der Waals surface area contributed by atoms with Crippen molar-refractivity contribution in [1.29, 1.82) is 0 Å². The molecular formula is C16H24FN3O. The Morgan fingerprint density at radius 1 is 1.38 bits per heavy atom. The smallest absolute Gasteiger partial charge is 0.241 e. The minimum Gasteiger partial charge on any atom is -0.369 e. The fourth-order valence-electron chi connectivity index (χ4n) is 2.65. The number of nitrogens with two attached hydrogens (primary N) is 1. The molecule has 0 aromatic heterocycles. The van der Waals surface area contributed by atoms with E-state index in [0.29, 0.717) is 23.7 Å². The molecule has 3 N–H and O–H groups in total. The molecule has 1 aromatic carbocycles. The molecule has 1 aromatic rings. The molecule has 0 unspecified atom stereocenters. The summed E-state index contributed by atoms with van der Waals surface area (Å²) in [6, 6.07) is 4.26. The molecule has 0 aliphatic carbocycles. The number of amides is 1. The number of hydrogen-bond acceptors (Lipinski definition) is 3. The number of hydrogen-bond donors (Lipinski definition) is 2. The molecule has 0 spiro atoms. The van der Waals surface area contributed by atoms with Crippen LogP contribution in [0.4, 0.5) is 15.8 Å². The van der Waals surface area contributed by atoms with Crippen molar-refractivity contribution in [2.75, 3.05) is 23.3 Å². The van der Waals surface area contributed by atoms with Crippen LogP contribution in [-0.4, -0.2) is 25.0 Å². The van der Waals surface area contributed by atoms with Crippen LogP contribution in [0.1, 0.15) is 33.1 Å². The molecule has 0 saturated carbocycles. The van der Waals surface area contributed by atoms with Crippen LogP contribution in [0.3, 0.4) is 0 Å². The standard InChI is InChI=1S/C16H24FN3O/c1-11(2)9-14(18)16(21)19-12-5-6-15(13(17)10-12)20-7-3-4-8-20/h5-6,10-11,14H,3-4,7-9,18H2,1-2H3,(H,19,21)/t14-/m0/s1. The molecule has 2 rings (SSSR count). The second-order valence-electron chi connectivity index (χ2n) is 6.09. The minimum absolute atomic E-state index is 0.267. The molecule has 21 heavy (non-hydrogen) atoms. The Labute approximate surface area is 125 Å². The Kier molecular flexibility index (Phi) is 5.17. The molecule has 1 saturated heterocycles. The minimum atomic E-state index is -0.564. The Morgan fingerprint density at radius 3 is 2.62 bits per heavy atom. The van der Waals surface area contributed by atoms with Crippen molar-refractivity contribution in [1.82, 2.24) is 0 Å². The lowest BCUT2D eigenvalue weighted by Gasteiger charge is -2.19. The predicted octanol–water partition coefficient (Wildman–Crippen LogP) is 2.74. The summed E-state index contributed by atoms with van der Waals surface area (Å²) in [6.45, 7) is 5.80. The van der Waals surface area contributed by atoms with Gasteiger partial charge in [0.2, 0.25) is 5.91 Å². The molecule has 1 aliphatic rings. The number of carbonyl (C=O) groups is 1. The first-order valence-corrected chi connectivity index (χ1v) is 7.58. The predicted molar refractivity (Wildman–Crippen MR) is 83.9 cm³/mol. The van der Waals surface area contributed by atoms with Gasteiger partial charge < -0.3 is 16.0 Å². The summed E-state index contributed by atoms with van der Waals surface area (Å²) in [6.07, 6.45) is 2.81. The van der Waals surface area contributed by atoms with Crippen molar-refractivity contribution >= 4 is 17.3 Å². The van der Waals surface area contributed by atoms with Crippen LogP contribution in [0.15, 0.2) is 18.2 Å². The summed E-state index contributed by atoms with van der Waals surface area (Å²) >= 11 is 0. The zero-order valence-electron chi connectivity index (χ0n) is 12.7. The van der Waals surface area contributed by atoms with Gasteiger partial charge in [-0.2, -0.15) is 0 Å². The van der Waals surface area contributed by atoms with Gasteiger partial charge in [-0.15, -0.1) is 0 Å². The van der Waals surface area contributed by atoms with E-state index in [4.69, 9.17) is 5.73 Å². The number of carbonyl (C=O) groups excluding carboxylic acids is 1. The molecule has 0 radical (unpaired) electrons. The van der Waals surface area contributed by atoms with E-state index >= 15 is 0 Å². The lowest BCUT2D eigenvalue weighted by Crippen LogP contribution is -2.36. The molecule has 1 amide bonds. The first-order chi connectivity index (χ1) is 9.97. The van der Waals surface area contributed by atoms with Gasteiger partial charge in [0, 0.05) is 18.8 Å². The fraction of sp³-hybridized carbons (Fsp3) is 0.562. The van der Waals surface area contributed by atoms with E-state index in [-0.39, 0.29) is 11.7 Å². The quantitative estimate of drug-likeness (QED) is 0.877. The van der Waals surface area contributed by atoms with Gasteiger partial charge in [-0.3, -0.25) is 4.79 Å². The lowest BCUT2D eigenvalue weighted by molar-refractivity contribution is -0.117. The first-order valence-electron chi connectivity index (χ1n) is 7.58. The molecule has 0 bridgehead atoms. The summed E-state index contributed by atoms with van der Waals surface area (Å²) in [5, 5.41) is 2.68. The number of benzene rings is 1. The van der Waals surface area contributed by atoms with Gasteiger partial charge in [-0.25, -0.2) is 4.39 Å². The average molecular weight is 293 g/mol. The monoisotopic (exact) mass is 293 g/mol. The topological polar surface area (TPSA) is 58.4 Å². The maximum absolute atomic E-state index is 14.1.